The number of aromatic nitrogens is 3. The van der Waals surface area contributed by atoms with Gasteiger partial charge in [0.05, 0.1) is 5.56 Å². The highest BCUT2D eigenvalue weighted by Gasteiger charge is 2.30. The molecule has 5 nitrogen and oxygen atoms in total. The molecule has 1 aromatic heterocycles. The summed E-state index contributed by atoms with van der Waals surface area (Å²) in [5.41, 5.74) is 3.74. The Morgan fingerprint density at radius 1 is 1.22 bits per heavy atom. The minimum Gasteiger partial charge on any atom is -0.378 e. The third-order valence-electron chi connectivity index (χ3n) is 2.19. The van der Waals surface area contributed by atoms with Crippen molar-refractivity contribution in [2.75, 3.05) is 5.73 Å². The van der Waals surface area contributed by atoms with Crippen LogP contribution in [0.4, 0.5) is 19.0 Å². The fourth-order valence-corrected chi connectivity index (χ4v) is 1.32. The number of nitrogens with two attached hydrogens (primary N) is 1. The van der Waals surface area contributed by atoms with Gasteiger partial charge in [0.15, 0.2) is 5.82 Å². The van der Waals surface area contributed by atoms with Crippen LogP contribution < -0.4 is 11.3 Å². The topological polar surface area (TPSA) is 84.7 Å². The number of aromatic amines is 1. The van der Waals surface area contributed by atoms with E-state index >= 15 is 0 Å². The number of nitrogens with zero attached hydrogens (tertiary/aromatic N) is 2. The molecular formula is C10H7F3N4O. The number of alkyl halides is 3. The van der Waals surface area contributed by atoms with E-state index in [1.807, 2.05) is 0 Å². The van der Waals surface area contributed by atoms with Crippen LogP contribution >= 0.6 is 0 Å². The lowest BCUT2D eigenvalue weighted by atomic mass is 10.1. The number of nitrogen functional groups attached to an aromatic ring is 1. The molecule has 3 N–H and O–H groups in total. The van der Waals surface area contributed by atoms with Crippen molar-refractivity contribution in [3.05, 3.63) is 40.2 Å². The molecule has 0 amide bonds. The van der Waals surface area contributed by atoms with Gasteiger partial charge in [0, 0.05) is 5.56 Å². The first-order chi connectivity index (χ1) is 8.38. The maximum absolute atomic E-state index is 12.5. The van der Waals surface area contributed by atoms with E-state index in [1.54, 1.807) is 0 Å². The summed E-state index contributed by atoms with van der Waals surface area (Å²) in [7, 11) is 0. The van der Waals surface area contributed by atoms with Gasteiger partial charge in [0.2, 0.25) is 5.82 Å². The number of halogens is 3. The van der Waals surface area contributed by atoms with Crippen molar-refractivity contribution in [3.63, 3.8) is 0 Å². The number of hydrogen-bond acceptors (Lipinski definition) is 4. The molecule has 0 aliphatic heterocycles. The van der Waals surface area contributed by atoms with Gasteiger partial charge < -0.3 is 10.7 Å². The van der Waals surface area contributed by atoms with Crippen molar-refractivity contribution < 1.29 is 13.2 Å². The van der Waals surface area contributed by atoms with Gasteiger partial charge in [-0.1, -0.05) is 12.1 Å². The highest BCUT2D eigenvalue weighted by Crippen LogP contribution is 2.31. The van der Waals surface area contributed by atoms with E-state index in [2.05, 4.69) is 15.2 Å². The number of H-pyrrole nitrogens is 1. The molecule has 0 saturated carbocycles. The van der Waals surface area contributed by atoms with Crippen molar-refractivity contribution in [2.24, 2.45) is 0 Å². The van der Waals surface area contributed by atoms with Gasteiger partial charge >= 0.3 is 6.18 Å². The Morgan fingerprint density at radius 2 is 1.94 bits per heavy atom. The molecule has 0 fully saturated rings. The molecule has 0 spiro atoms. The van der Waals surface area contributed by atoms with E-state index < -0.39 is 17.3 Å². The van der Waals surface area contributed by atoms with Crippen molar-refractivity contribution in [1.29, 1.82) is 0 Å². The van der Waals surface area contributed by atoms with Gasteiger partial charge in [-0.3, -0.25) is 4.79 Å². The number of benzene rings is 1. The Balaban J connectivity index is 2.51. The minimum atomic E-state index is -4.46. The van der Waals surface area contributed by atoms with Crippen LogP contribution in [-0.2, 0) is 6.18 Å². The highest BCUT2D eigenvalue weighted by atomic mass is 19.4. The molecule has 0 atom stereocenters. The van der Waals surface area contributed by atoms with Crippen LogP contribution in [0.1, 0.15) is 5.56 Å². The average Bonchev–Trinajstić information content (AvgIpc) is 2.32. The molecule has 1 aromatic carbocycles. The Kier molecular flexibility index (Phi) is 2.77. The fraction of sp³-hybridized carbons (Fsp3) is 0.100. The molecule has 2 aromatic rings. The van der Waals surface area contributed by atoms with Crippen LogP contribution in [0.3, 0.4) is 0 Å². The van der Waals surface area contributed by atoms with Crippen LogP contribution in [0.2, 0.25) is 0 Å². The van der Waals surface area contributed by atoms with E-state index in [9.17, 15) is 18.0 Å². The number of hydrogen-bond donors (Lipinski definition) is 2. The maximum Gasteiger partial charge on any atom is 0.416 e. The van der Waals surface area contributed by atoms with Crippen molar-refractivity contribution in [3.8, 4) is 11.4 Å². The van der Waals surface area contributed by atoms with Gasteiger partial charge in [-0.25, -0.2) is 0 Å². The zero-order chi connectivity index (χ0) is 13.3. The lowest BCUT2D eigenvalue weighted by Gasteiger charge is -2.07. The van der Waals surface area contributed by atoms with Crippen molar-refractivity contribution in [1.82, 2.24) is 15.2 Å². The van der Waals surface area contributed by atoms with E-state index in [1.165, 1.54) is 12.1 Å². The monoisotopic (exact) mass is 256 g/mol. The second-order valence-electron chi connectivity index (χ2n) is 3.47. The summed E-state index contributed by atoms with van der Waals surface area (Å²) >= 11 is 0. The molecule has 18 heavy (non-hydrogen) atoms. The molecule has 0 aliphatic carbocycles. The first-order valence-electron chi connectivity index (χ1n) is 4.78. The Labute approximate surface area is 98.5 Å². The largest absolute Gasteiger partial charge is 0.416 e. The predicted octanol–water partition coefficient (Wildman–Crippen LogP) is 1.43. The second kappa shape index (κ2) is 4.13. The first kappa shape index (κ1) is 12.1. The fourth-order valence-electron chi connectivity index (χ4n) is 1.32. The van der Waals surface area contributed by atoms with Crippen molar-refractivity contribution >= 4 is 5.82 Å². The summed E-state index contributed by atoms with van der Waals surface area (Å²) in [6.07, 6.45) is -4.46. The standard InChI is InChI=1S/C10H7F3N4O/c11-10(12,13)6-3-1-2-5(4-6)8-15-9(18)7(14)16-17-8/h1-4H,(H2,14,16)(H,15,17,18). The van der Waals surface area contributed by atoms with Gasteiger partial charge in [0.25, 0.3) is 5.56 Å². The number of anilines is 1. The van der Waals surface area contributed by atoms with Gasteiger partial charge in [-0.05, 0) is 12.1 Å². The predicted molar refractivity (Wildman–Crippen MR) is 57.5 cm³/mol. The molecule has 0 aliphatic rings. The van der Waals surface area contributed by atoms with E-state index in [4.69, 9.17) is 5.73 Å². The molecular weight excluding hydrogens is 249 g/mol. The summed E-state index contributed by atoms with van der Waals surface area (Å²) in [5.74, 6) is -0.411. The van der Waals surface area contributed by atoms with Crippen LogP contribution in [0.25, 0.3) is 11.4 Å². The summed E-state index contributed by atoms with van der Waals surface area (Å²) in [6.45, 7) is 0. The van der Waals surface area contributed by atoms with Gasteiger partial charge in [-0.2, -0.15) is 13.2 Å². The summed E-state index contributed by atoms with van der Waals surface area (Å²) < 4.78 is 37.5. The smallest absolute Gasteiger partial charge is 0.378 e. The lowest BCUT2D eigenvalue weighted by Crippen LogP contribution is -2.16. The highest BCUT2D eigenvalue weighted by molar-refractivity contribution is 5.56. The van der Waals surface area contributed by atoms with E-state index in [0.717, 1.165) is 12.1 Å². The maximum atomic E-state index is 12.5. The molecule has 94 valence electrons. The molecule has 1 heterocycles. The molecule has 0 bridgehead atoms. The van der Waals surface area contributed by atoms with Crippen molar-refractivity contribution in [2.45, 2.75) is 6.18 Å². The third-order valence-corrected chi connectivity index (χ3v) is 2.19. The zero-order valence-corrected chi connectivity index (χ0v) is 8.82. The lowest BCUT2D eigenvalue weighted by molar-refractivity contribution is -0.137. The second-order valence-corrected chi connectivity index (χ2v) is 3.47. The average molecular weight is 256 g/mol. The third kappa shape index (κ3) is 2.31. The molecule has 8 heteroatoms. The zero-order valence-electron chi connectivity index (χ0n) is 8.82. The molecule has 2 rings (SSSR count). The Bertz CT molecular complexity index is 636. The normalized spacial score (nSPS) is 11.5. The molecule has 0 radical (unpaired) electrons. The molecule has 0 unspecified atom stereocenters. The van der Waals surface area contributed by atoms with Crippen LogP contribution in [0, 0.1) is 0 Å². The SMILES string of the molecule is Nc1nnc(-c2cccc(C(F)(F)F)c2)[nH]c1=O. The summed E-state index contributed by atoms with van der Waals surface area (Å²) in [5, 5.41) is 6.88. The number of nitrogens with one attached hydrogen (secondary N) is 1. The Morgan fingerprint density at radius 3 is 2.56 bits per heavy atom. The van der Waals surface area contributed by atoms with Crippen LogP contribution in [-0.4, -0.2) is 15.2 Å². The van der Waals surface area contributed by atoms with Crippen LogP contribution in [0.5, 0.6) is 0 Å². The van der Waals surface area contributed by atoms with Gasteiger partial charge in [0.1, 0.15) is 0 Å². The van der Waals surface area contributed by atoms with Crippen LogP contribution in [0.15, 0.2) is 29.1 Å². The first-order valence-corrected chi connectivity index (χ1v) is 4.78. The van der Waals surface area contributed by atoms with E-state index in [0.29, 0.717) is 0 Å². The van der Waals surface area contributed by atoms with E-state index in [-0.39, 0.29) is 17.2 Å². The van der Waals surface area contributed by atoms with Gasteiger partial charge in [-0.15, -0.1) is 10.2 Å². The Hall–Kier alpha value is -2.38. The summed E-state index contributed by atoms with van der Waals surface area (Å²) in [6, 6.07) is 4.39. The minimum absolute atomic E-state index is 0.0692. The summed E-state index contributed by atoms with van der Waals surface area (Å²) in [4.78, 5) is 13.4. The quantitative estimate of drug-likeness (QED) is 0.808. The molecule has 0 saturated heterocycles. The number of rotatable bonds is 1.